The Morgan fingerprint density at radius 2 is 1.62 bits per heavy atom. The number of para-hydroxylation sites is 1. The Balaban J connectivity index is 1.07. The summed E-state index contributed by atoms with van der Waals surface area (Å²) in [4.78, 5) is 44.9. The molecule has 1 unspecified atom stereocenters. The van der Waals surface area contributed by atoms with E-state index in [2.05, 4.69) is 28.4 Å². The molecule has 34 heavy (non-hydrogen) atoms. The van der Waals surface area contributed by atoms with Crippen molar-refractivity contribution in [3.63, 3.8) is 0 Å². The second-order valence-electron chi connectivity index (χ2n) is 10.1. The lowest BCUT2D eigenvalue weighted by Crippen LogP contribution is -2.52. The van der Waals surface area contributed by atoms with E-state index in [1.165, 1.54) is 16.0 Å². The van der Waals surface area contributed by atoms with Gasteiger partial charge in [-0.1, -0.05) is 42.5 Å². The Morgan fingerprint density at radius 1 is 0.912 bits per heavy atom. The summed E-state index contributed by atoms with van der Waals surface area (Å²) in [5.41, 5.74) is 3.89. The van der Waals surface area contributed by atoms with Gasteiger partial charge in [0.2, 0.25) is 5.91 Å². The minimum atomic E-state index is -0.817. The van der Waals surface area contributed by atoms with Gasteiger partial charge in [0, 0.05) is 37.7 Å². The number of amides is 4. The van der Waals surface area contributed by atoms with Crippen LogP contribution in [0.3, 0.4) is 0 Å². The molecule has 0 saturated carbocycles. The highest BCUT2D eigenvalue weighted by Gasteiger charge is 2.52. The quantitative estimate of drug-likeness (QED) is 0.718. The van der Waals surface area contributed by atoms with E-state index in [-0.39, 0.29) is 23.8 Å². The first-order valence-corrected chi connectivity index (χ1v) is 12.4. The molecule has 0 aromatic heterocycles. The minimum absolute atomic E-state index is 0.00768. The monoisotopic (exact) mass is 458 g/mol. The largest absolute Gasteiger partial charge is 0.326 e. The van der Waals surface area contributed by atoms with Crippen LogP contribution in [0.4, 0.5) is 10.5 Å². The number of fused-ring (bicyclic) bond motifs is 2. The van der Waals surface area contributed by atoms with Crippen molar-refractivity contribution in [3.8, 4) is 0 Å². The molecule has 176 valence electrons. The van der Waals surface area contributed by atoms with Crippen LogP contribution in [0.15, 0.2) is 48.5 Å². The highest BCUT2D eigenvalue weighted by molar-refractivity contribution is 6.07. The maximum absolute atomic E-state index is 13.4. The second-order valence-corrected chi connectivity index (χ2v) is 10.1. The third-order valence-corrected chi connectivity index (χ3v) is 8.11. The molecule has 2 saturated heterocycles. The van der Waals surface area contributed by atoms with Gasteiger partial charge in [-0.25, -0.2) is 9.69 Å². The second kappa shape index (κ2) is 8.24. The maximum Gasteiger partial charge on any atom is 0.326 e. The van der Waals surface area contributed by atoms with Crippen LogP contribution in [0.2, 0.25) is 0 Å². The molecule has 7 heteroatoms. The molecule has 6 rings (SSSR count). The number of likely N-dealkylation sites (tertiary alicyclic amines) is 1. The van der Waals surface area contributed by atoms with Gasteiger partial charge >= 0.3 is 6.03 Å². The third kappa shape index (κ3) is 3.50. The van der Waals surface area contributed by atoms with Crippen molar-refractivity contribution >= 4 is 23.5 Å². The van der Waals surface area contributed by atoms with Gasteiger partial charge in [0.05, 0.1) is 6.67 Å². The van der Waals surface area contributed by atoms with E-state index in [4.69, 9.17) is 0 Å². The van der Waals surface area contributed by atoms with E-state index in [0.29, 0.717) is 32.6 Å². The molecule has 3 heterocycles. The molecule has 4 amide bonds. The Bertz CT molecular complexity index is 1160. The van der Waals surface area contributed by atoms with E-state index in [1.54, 1.807) is 0 Å². The average molecular weight is 459 g/mol. The average Bonchev–Trinajstić information content (AvgIpc) is 3.39. The van der Waals surface area contributed by atoms with Crippen molar-refractivity contribution < 1.29 is 14.4 Å². The van der Waals surface area contributed by atoms with Crippen molar-refractivity contribution in [2.75, 3.05) is 31.2 Å². The van der Waals surface area contributed by atoms with Crippen molar-refractivity contribution in [1.29, 1.82) is 0 Å². The zero-order valence-corrected chi connectivity index (χ0v) is 19.3. The normalized spacial score (nSPS) is 24.9. The molecular weight excluding hydrogens is 428 g/mol. The number of carbonyl (C=O) groups is 3. The summed E-state index contributed by atoms with van der Waals surface area (Å²) >= 11 is 0. The topological polar surface area (TPSA) is 73.0 Å². The Hall–Kier alpha value is -3.19. The van der Waals surface area contributed by atoms with E-state index < -0.39 is 5.54 Å². The minimum Gasteiger partial charge on any atom is -0.323 e. The summed E-state index contributed by atoms with van der Waals surface area (Å²) < 4.78 is 0. The summed E-state index contributed by atoms with van der Waals surface area (Å²) in [6.45, 7) is 2.46. The number of nitrogens with zero attached hydrogens (tertiary/aromatic N) is 3. The number of rotatable bonds is 3. The zero-order valence-electron chi connectivity index (χ0n) is 19.3. The summed E-state index contributed by atoms with van der Waals surface area (Å²) in [5, 5.41) is 3.02. The summed E-state index contributed by atoms with van der Waals surface area (Å²) in [6, 6.07) is 16.0. The van der Waals surface area contributed by atoms with E-state index in [0.717, 1.165) is 43.5 Å². The molecule has 1 aliphatic carbocycles. The summed E-state index contributed by atoms with van der Waals surface area (Å²) in [7, 11) is 0. The molecule has 7 nitrogen and oxygen atoms in total. The molecule has 1 atom stereocenters. The van der Waals surface area contributed by atoms with E-state index >= 15 is 0 Å². The highest BCUT2D eigenvalue weighted by Crippen LogP contribution is 2.34. The van der Waals surface area contributed by atoms with Gasteiger partial charge in [-0.05, 0) is 54.9 Å². The Kier molecular flexibility index (Phi) is 5.17. The number of piperidine rings is 1. The first-order valence-electron chi connectivity index (χ1n) is 12.4. The number of benzene rings is 2. The first kappa shape index (κ1) is 21.4. The lowest BCUT2D eigenvalue weighted by Gasteiger charge is -2.35. The number of urea groups is 1. The van der Waals surface area contributed by atoms with Gasteiger partial charge < -0.3 is 10.2 Å². The van der Waals surface area contributed by atoms with Crippen LogP contribution >= 0.6 is 0 Å². The lowest BCUT2D eigenvalue weighted by atomic mass is 9.78. The van der Waals surface area contributed by atoms with E-state index in [1.807, 2.05) is 35.2 Å². The standard InChI is InChI=1S/C27H30N4O3/c32-24(30-16-12-20-6-3-4-8-23(20)30)21-10-14-29(15-11-21)18-31-25(33)27(28-26(31)34)13-9-19-5-1-2-7-22(19)17-27/h1-8,21H,9-18H2,(H,28,34). The molecule has 2 fully saturated rings. The van der Waals surface area contributed by atoms with Crippen molar-refractivity contribution in [2.45, 2.75) is 44.1 Å². The third-order valence-electron chi connectivity index (χ3n) is 8.11. The number of nitrogens with one attached hydrogen (secondary N) is 1. The number of aryl methyl sites for hydroxylation is 1. The smallest absolute Gasteiger partial charge is 0.323 e. The fourth-order valence-electron chi connectivity index (χ4n) is 6.14. The van der Waals surface area contributed by atoms with Gasteiger partial charge in [-0.2, -0.15) is 0 Å². The fourth-order valence-corrected chi connectivity index (χ4v) is 6.14. The van der Waals surface area contributed by atoms with Gasteiger partial charge in [-0.15, -0.1) is 0 Å². The van der Waals surface area contributed by atoms with Gasteiger partial charge in [0.15, 0.2) is 0 Å². The van der Waals surface area contributed by atoms with Crippen molar-refractivity contribution in [2.24, 2.45) is 5.92 Å². The molecule has 2 aromatic rings. The molecule has 3 aliphatic heterocycles. The van der Waals surface area contributed by atoms with Crippen LogP contribution in [0.1, 0.15) is 36.0 Å². The Morgan fingerprint density at radius 3 is 2.41 bits per heavy atom. The summed E-state index contributed by atoms with van der Waals surface area (Å²) in [6.07, 6.45) is 4.40. The lowest BCUT2D eigenvalue weighted by molar-refractivity contribution is -0.134. The summed E-state index contributed by atoms with van der Waals surface area (Å²) in [5.74, 6) is 0.0880. The van der Waals surface area contributed by atoms with Crippen LogP contribution in [0.5, 0.6) is 0 Å². The Labute approximate surface area is 199 Å². The predicted octanol–water partition coefficient (Wildman–Crippen LogP) is 2.72. The van der Waals surface area contributed by atoms with Crippen LogP contribution in [0, 0.1) is 5.92 Å². The van der Waals surface area contributed by atoms with Crippen molar-refractivity contribution in [3.05, 3.63) is 65.2 Å². The maximum atomic E-state index is 13.4. The van der Waals surface area contributed by atoms with E-state index in [9.17, 15) is 14.4 Å². The van der Waals surface area contributed by atoms with Crippen LogP contribution in [-0.4, -0.2) is 59.5 Å². The molecule has 0 radical (unpaired) electrons. The fraction of sp³-hybridized carbons (Fsp3) is 0.444. The number of imide groups is 1. The van der Waals surface area contributed by atoms with Gasteiger partial charge in [0.25, 0.3) is 5.91 Å². The number of hydrogen-bond donors (Lipinski definition) is 1. The molecule has 2 aromatic carbocycles. The van der Waals surface area contributed by atoms with Crippen molar-refractivity contribution in [1.82, 2.24) is 15.1 Å². The zero-order chi connectivity index (χ0) is 23.3. The first-order chi connectivity index (χ1) is 16.5. The van der Waals surface area contributed by atoms with Gasteiger partial charge in [-0.3, -0.25) is 14.5 Å². The van der Waals surface area contributed by atoms with Crippen LogP contribution in [-0.2, 0) is 28.9 Å². The van der Waals surface area contributed by atoms with Gasteiger partial charge in [0.1, 0.15) is 5.54 Å². The number of hydrogen-bond acceptors (Lipinski definition) is 4. The highest BCUT2D eigenvalue weighted by atomic mass is 16.2. The molecule has 1 spiro atoms. The molecule has 1 N–H and O–H groups in total. The molecule has 4 aliphatic rings. The number of anilines is 1. The molecule has 0 bridgehead atoms. The predicted molar refractivity (Wildman–Crippen MR) is 128 cm³/mol. The molecular formula is C27H30N4O3. The van der Waals surface area contributed by atoms with Crippen LogP contribution in [0.25, 0.3) is 0 Å². The number of carbonyl (C=O) groups excluding carboxylic acids is 3. The SMILES string of the molecule is O=C1NC2(CCc3ccccc3C2)C(=O)N1CN1CCC(C(=O)N2CCc3ccccc32)CC1. The van der Waals surface area contributed by atoms with Crippen LogP contribution < -0.4 is 10.2 Å².